The SMILES string of the molecule is CC/C=C\C/C=C\C/C=C\C/C=C\C/C=C\C/C=C\CCCCCCCCCCCCCCCCCCCCCCCCC(=O)OC(COC(=O)CCCCCCCCCCCCCCCCCCCCCCCCCCCCCCCCCCCCC)COP(=O)(O)OCCN. The maximum absolute atomic E-state index is 12.8. The Balaban J connectivity index is 3.74. The van der Waals surface area contributed by atoms with E-state index in [4.69, 9.17) is 24.3 Å². The Labute approximate surface area is 602 Å². The van der Waals surface area contributed by atoms with E-state index in [-0.39, 0.29) is 38.6 Å². The average Bonchev–Trinajstić information content (AvgIpc) is 2.57. The number of hydrogen-bond acceptors (Lipinski definition) is 8. The maximum atomic E-state index is 12.8. The van der Waals surface area contributed by atoms with E-state index in [1.807, 2.05) is 0 Å². The van der Waals surface area contributed by atoms with E-state index >= 15 is 0 Å². The van der Waals surface area contributed by atoms with Crippen LogP contribution in [-0.4, -0.2) is 49.3 Å². The van der Waals surface area contributed by atoms with E-state index in [0.29, 0.717) is 6.42 Å². The molecule has 0 saturated carbocycles. The summed E-state index contributed by atoms with van der Waals surface area (Å²) in [5, 5.41) is 0. The van der Waals surface area contributed by atoms with Gasteiger partial charge in [-0.05, 0) is 64.2 Å². The number of allylic oxidation sites excluding steroid dienone is 12. The highest BCUT2D eigenvalue weighted by Gasteiger charge is 2.26. The Morgan fingerprint density at radius 3 is 0.845 bits per heavy atom. The second kappa shape index (κ2) is 82.4. The zero-order valence-corrected chi connectivity index (χ0v) is 65.2. The summed E-state index contributed by atoms with van der Waals surface area (Å²) in [5.41, 5.74) is 5.42. The first kappa shape index (κ1) is 94.5. The lowest BCUT2D eigenvalue weighted by molar-refractivity contribution is -0.161. The van der Waals surface area contributed by atoms with Crippen molar-refractivity contribution in [2.75, 3.05) is 26.4 Å². The van der Waals surface area contributed by atoms with Crippen LogP contribution in [0.25, 0.3) is 0 Å². The molecule has 0 rings (SSSR count). The van der Waals surface area contributed by atoms with Gasteiger partial charge in [0.1, 0.15) is 6.61 Å². The fraction of sp³-hybridized carbons (Fsp3) is 0.839. The average molecular weight is 1380 g/mol. The third-order valence-corrected chi connectivity index (χ3v) is 20.1. The van der Waals surface area contributed by atoms with Gasteiger partial charge in [0.2, 0.25) is 0 Å². The summed E-state index contributed by atoms with van der Waals surface area (Å²) in [5.74, 6) is -0.802. The zero-order valence-electron chi connectivity index (χ0n) is 64.3. The van der Waals surface area contributed by atoms with Gasteiger partial charge in [-0.2, -0.15) is 0 Å². The molecule has 0 aliphatic rings. The minimum absolute atomic E-state index is 0.0555. The third kappa shape index (κ3) is 82.3. The van der Waals surface area contributed by atoms with Crippen molar-refractivity contribution in [3.8, 4) is 0 Å². The van der Waals surface area contributed by atoms with Gasteiger partial charge in [-0.1, -0.05) is 433 Å². The molecule has 0 bridgehead atoms. The molecular formula is C87H162NO8P. The summed E-state index contributed by atoms with van der Waals surface area (Å²) in [4.78, 5) is 35.5. The predicted molar refractivity (Wildman–Crippen MR) is 423 cm³/mol. The summed E-state index contributed by atoms with van der Waals surface area (Å²) in [6.45, 7) is 3.71. The molecule has 0 saturated heterocycles. The topological polar surface area (TPSA) is 134 Å². The number of phosphoric acid groups is 1. The van der Waals surface area contributed by atoms with Gasteiger partial charge in [-0.3, -0.25) is 18.6 Å². The molecule has 0 spiro atoms. The standard InChI is InChI=1S/C87H162NO8P/c1-3-5-7-9-11-13-15-17-19-21-23-25-27-29-31-33-35-37-39-40-41-42-43-44-46-48-50-52-54-56-58-60-62-64-66-68-70-72-74-76-78-80-87(90)96-85(84-95-97(91,92)94-82-81-88)83-93-86(89)79-77-75-73-71-69-67-65-63-61-59-57-55-53-51-49-47-45-38-36-34-32-30-28-26-24-22-20-18-16-14-12-10-8-6-4-2/h5,7,11,13,17,19,23,25,29,31,35,37,85H,3-4,6,8-10,12,14-16,18,20-22,24,26-28,30,32-34,36,38-84,88H2,1-2H3,(H,91,92)/b7-5-,13-11-,19-17-,25-23-,31-29-,37-35-. The predicted octanol–water partition coefficient (Wildman–Crippen LogP) is 28.7. The number of carbonyl (C=O) groups excluding carboxylic acids is 2. The first-order chi connectivity index (χ1) is 47.8. The highest BCUT2D eigenvalue weighted by atomic mass is 31.2. The number of nitrogens with two attached hydrogens (primary N) is 1. The molecule has 2 atom stereocenters. The van der Waals surface area contributed by atoms with Crippen molar-refractivity contribution >= 4 is 19.8 Å². The molecule has 97 heavy (non-hydrogen) atoms. The number of unbranched alkanes of at least 4 members (excludes halogenated alkanes) is 56. The van der Waals surface area contributed by atoms with Gasteiger partial charge in [-0.25, -0.2) is 4.57 Å². The Morgan fingerprint density at radius 1 is 0.320 bits per heavy atom. The molecule has 0 fully saturated rings. The lowest BCUT2D eigenvalue weighted by atomic mass is 10.0. The molecule has 0 amide bonds. The minimum Gasteiger partial charge on any atom is -0.462 e. The van der Waals surface area contributed by atoms with Crippen molar-refractivity contribution in [2.45, 2.75) is 444 Å². The highest BCUT2D eigenvalue weighted by Crippen LogP contribution is 2.43. The monoisotopic (exact) mass is 1380 g/mol. The second-order valence-electron chi connectivity index (χ2n) is 28.7. The Hall–Kier alpha value is -2.55. The fourth-order valence-electron chi connectivity index (χ4n) is 12.9. The molecule has 2 unspecified atom stereocenters. The zero-order chi connectivity index (χ0) is 70.0. The first-order valence-electron chi connectivity index (χ1n) is 42.4. The molecule has 0 aromatic rings. The Bertz CT molecular complexity index is 1830. The van der Waals surface area contributed by atoms with Crippen molar-refractivity contribution in [3.05, 3.63) is 72.9 Å². The van der Waals surface area contributed by atoms with E-state index < -0.39 is 26.5 Å². The Kier molecular flexibility index (Phi) is 80.2. The quantitative estimate of drug-likeness (QED) is 0.0264. The van der Waals surface area contributed by atoms with Crippen LogP contribution >= 0.6 is 7.82 Å². The van der Waals surface area contributed by atoms with Gasteiger partial charge in [-0.15, -0.1) is 0 Å². The van der Waals surface area contributed by atoms with Crippen LogP contribution in [0.2, 0.25) is 0 Å². The summed E-state index contributed by atoms with van der Waals surface area (Å²) in [6, 6.07) is 0. The molecule has 9 nitrogen and oxygen atoms in total. The lowest BCUT2D eigenvalue weighted by Gasteiger charge is -2.19. The van der Waals surface area contributed by atoms with Gasteiger partial charge in [0.15, 0.2) is 6.10 Å². The smallest absolute Gasteiger partial charge is 0.462 e. The van der Waals surface area contributed by atoms with Gasteiger partial charge in [0.05, 0.1) is 13.2 Å². The molecule has 568 valence electrons. The van der Waals surface area contributed by atoms with Crippen LogP contribution in [0, 0.1) is 0 Å². The first-order valence-corrected chi connectivity index (χ1v) is 43.9. The molecular weight excluding hydrogens is 1220 g/mol. The fourth-order valence-corrected chi connectivity index (χ4v) is 13.6. The molecule has 0 aliphatic heterocycles. The van der Waals surface area contributed by atoms with Gasteiger partial charge < -0.3 is 20.1 Å². The minimum atomic E-state index is -4.40. The molecule has 0 heterocycles. The van der Waals surface area contributed by atoms with Crippen molar-refractivity contribution in [3.63, 3.8) is 0 Å². The van der Waals surface area contributed by atoms with Crippen LogP contribution in [0.15, 0.2) is 72.9 Å². The van der Waals surface area contributed by atoms with Crippen LogP contribution < -0.4 is 5.73 Å². The summed E-state index contributed by atoms with van der Waals surface area (Å²) >= 11 is 0. The van der Waals surface area contributed by atoms with E-state index in [1.165, 1.54) is 334 Å². The van der Waals surface area contributed by atoms with Crippen molar-refractivity contribution in [2.24, 2.45) is 5.73 Å². The van der Waals surface area contributed by atoms with Crippen LogP contribution in [0.5, 0.6) is 0 Å². The van der Waals surface area contributed by atoms with Crippen LogP contribution in [0.3, 0.4) is 0 Å². The van der Waals surface area contributed by atoms with Crippen LogP contribution in [0.1, 0.15) is 438 Å². The number of carbonyl (C=O) groups is 2. The molecule has 0 aromatic heterocycles. The molecule has 0 aromatic carbocycles. The molecule has 10 heteroatoms. The van der Waals surface area contributed by atoms with E-state index in [2.05, 4.69) is 86.8 Å². The van der Waals surface area contributed by atoms with Crippen molar-refractivity contribution in [1.82, 2.24) is 0 Å². The van der Waals surface area contributed by atoms with Gasteiger partial charge >= 0.3 is 19.8 Å². The lowest BCUT2D eigenvalue weighted by Crippen LogP contribution is -2.29. The molecule has 0 aliphatic carbocycles. The van der Waals surface area contributed by atoms with Gasteiger partial charge in [0, 0.05) is 19.4 Å². The second-order valence-corrected chi connectivity index (χ2v) is 30.1. The third-order valence-electron chi connectivity index (χ3n) is 19.1. The van der Waals surface area contributed by atoms with Crippen molar-refractivity contribution < 1.29 is 37.6 Å². The number of phosphoric ester groups is 1. The summed E-state index contributed by atoms with van der Waals surface area (Å²) in [6.07, 6.45) is 111. The summed E-state index contributed by atoms with van der Waals surface area (Å²) in [7, 11) is -4.40. The van der Waals surface area contributed by atoms with Crippen LogP contribution in [-0.2, 0) is 32.7 Å². The molecule has 3 N–H and O–H groups in total. The number of hydrogen-bond donors (Lipinski definition) is 2. The highest BCUT2D eigenvalue weighted by molar-refractivity contribution is 7.47. The normalized spacial score (nSPS) is 13.2. The van der Waals surface area contributed by atoms with Crippen molar-refractivity contribution in [1.29, 1.82) is 0 Å². The summed E-state index contributed by atoms with van der Waals surface area (Å²) < 4.78 is 33.3. The van der Waals surface area contributed by atoms with Gasteiger partial charge in [0.25, 0.3) is 0 Å². The van der Waals surface area contributed by atoms with E-state index in [0.717, 1.165) is 70.6 Å². The van der Waals surface area contributed by atoms with E-state index in [9.17, 15) is 19.0 Å². The Morgan fingerprint density at radius 2 is 0.567 bits per heavy atom. The number of esters is 2. The number of rotatable bonds is 81. The maximum Gasteiger partial charge on any atom is 0.472 e. The number of ether oxygens (including phenoxy) is 2. The van der Waals surface area contributed by atoms with E-state index in [1.54, 1.807) is 0 Å². The largest absolute Gasteiger partial charge is 0.472 e. The molecule has 0 radical (unpaired) electrons. The van der Waals surface area contributed by atoms with Crippen LogP contribution in [0.4, 0.5) is 0 Å².